The molecule has 0 spiro atoms. The van der Waals surface area contributed by atoms with Gasteiger partial charge in [-0.15, -0.1) is 0 Å². The van der Waals surface area contributed by atoms with Crippen molar-refractivity contribution in [3.05, 3.63) is 121 Å². The summed E-state index contributed by atoms with van der Waals surface area (Å²) >= 11 is 3.51. The fraction of sp³-hybridized carbons (Fsp3) is 0.639. The van der Waals surface area contributed by atoms with Gasteiger partial charge in [0.2, 0.25) is 0 Å². The van der Waals surface area contributed by atoms with Crippen LogP contribution in [0.3, 0.4) is 0 Å². The van der Waals surface area contributed by atoms with Crippen molar-refractivity contribution < 1.29 is 144 Å². The molecule has 15 rings (SSSR count). The van der Waals surface area contributed by atoms with Gasteiger partial charge in [-0.25, -0.2) is 33.7 Å². The molecule has 6 aromatic rings. The van der Waals surface area contributed by atoms with E-state index in [1.165, 1.54) is 160 Å². The summed E-state index contributed by atoms with van der Waals surface area (Å²) in [6.07, 6.45) is 31.9. The number of phenolic OH excluding ortho intramolecular Hbond substituents is 1. The van der Waals surface area contributed by atoms with E-state index in [0.29, 0.717) is 42.3 Å². The molecule has 1 N–H and O–H groups in total. The normalized spacial score (nSPS) is 22.1. The van der Waals surface area contributed by atoms with Crippen LogP contribution in [0, 0.1) is 41.4 Å². The number of hydrogen-bond donors (Lipinski definition) is 1. The first-order valence-corrected chi connectivity index (χ1v) is 50.7. The smallest absolute Gasteiger partial charge is 0.743 e. The van der Waals surface area contributed by atoms with Gasteiger partial charge in [-0.2, -0.15) is 61.3 Å². The summed E-state index contributed by atoms with van der Waals surface area (Å²) in [5.74, 6) is -4.90. The number of benzene rings is 6. The molecule has 119 heavy (non-hydrogen) atoms. The summed E-state index contributed by atoms with van der Waals surface area (Å²) in [4.78, 5) is 1.57. The zero-order valence-corrected chi connectivity index (χ0v) is 75.4. The number of fused-ring (bicyclic) bond motifs is 5. The molecule has 0 aromatic heterocycles. The van der Waals surface area contributed by atoms with Crippen molar-refractivity contribution in [3.8, 4) is 17.2 Å². The molecule has 4 aliphatic heterocycles. The molecule has 9 aliphatic rings. The van der Waals surface area contributed by atoms with Crippen LogP contribution in [-0.2, 0) is 62.0 Å². The molecular weight excluding hydrogens is 1770 g/mol. The van der Waals surface area contributed by atoms with Crippen LogP contribution < -0.4 is 39.0 Å². The van der Waals surface area contributed by atoms with E-state index < -0.39 is 110 Å². The SMILES string of the molecule is BrCC1CCCCC1.O=S(=O)([O-])C(F)(F)C(F)(F)C(F)(F)S(=O)(=O)N1CCC2CCCCC2C1.O=S(=O)([O-])C(F)(F)C(F)(F)C(F)(F)S(=O)(=O)N1CCC2CCCCC2C1.O=S1CCCC1.Oc1cccc2ccccc12.[Na+].c1ccc2c(OCC3CCCCC3)cccc2c1.c1ccc2c([S+]3CCCC3)ccc(OCC3CCCCC3)c2c1. The first-order chi connectivity index (χ1) is 55.7. The zero-order valence-electron chi connectivity index (χ0n) is 66.9. The minimum absolute atomic E-state index is 0. The molecule has 4 unspecified atom stereocenters. The first kappa shape index (κ1) is 101. The van der Waals surface area contributed by atoms with Gasteiger partial charge < -0.3 is 23.7 Å². The minimum atomic E-state index is -7.25. The topological polar surface area (TPSA) is 245 Å². The Bertz CT molecular complexity index is 4570. The molecular formula is C83H108BrF12N2NaO14S6. The van der Waals surface area contributed by atoms with Crippen LogP contribution >= 0.6 is 15.9 Å². The second-order valence-corrected chi connectivity index (χ2v) is 43.5. The average molecular weight is 1880 g/mol. The van der Waals surface area contributed by atoms with Crippen LogP contribution in [0.2, 0.25) is 0 Å². The van der Waals surface area contributed by atoms with Crippen molar-refractivity contribution in [2.24, 2.45) is 41.4 Å². The van der Waals surface area contributed by atoms with E-state index in [1.807, 2.05) is 36.4 Å². The number of nitrogens with zero attached hydrogens (tertiary/aromatic N) is 2. The van der Waals surface area contributed by atoms with Crippen molar-refractivity contribution in [2.75, 3.05) is 67.7 Å². The van der Waals surface area contributed by atoms with Gasteiger partial charge in [0.05, 0.1) is 13.2 Å². The second-order valence-electron chi connectivity index (χ2n) is 32.1. The molecule has 662 valence electrons. The maximum Gasteiger partial charge on any atom is 1.00 e. The molecule has 5 aliphatic carbocycles. The van der Waals surface area contributed by atoms with Crippen LogP contribution in [0.15, 0.2) is 126 Å². The maximum absolute atomic E-state index is 14.0. The molecule has 5 saturated carbocycles. The van der Waals surface area contributed by atoms with E-state index in [-0.39, 0.29) is 74.7 Å². The van der Waals surface area contributed by atoms with Gasteiger partial charge in [0.1, 0.15) is 28.8 Å². The van der Waals surface area contributed by atoms with Gasteiger partial charge in [0.25, 0.3) is 20.0 Å². The Hall–Kier alpha value is -3.72. The molecule has 6 aromatic carbocycles. The van der Waals surface area contributed by atoms with Gasteiger partial charge in [-0.3, -0.25) is 4.21 Å². The van der Waals surface area contributed by atoms with Crippen LogP contribution in [0.4, 0.5) is 52.7 Å². The number of piperidine rings is 2. The maximum atomic E-state index is 14.0. The minimum Gasteiger partial charge on any atom is -0.743 e. The summed E-state index contributed by atoms with van der Waals surface area (Å²) in [6, 6.07) is 41.5. The summed E-state index contributed by atoms with van der Waals surface area (Å²) in [6.45, 7) is -0.471. The van der Waals surface area contributed by atoms with E-state index in [4.69, 9.17) is 9.47 Å². The summed E-state index contributed by atoms with van der Waals surface area (Å²) in [7, 11) is -27.2. The van der Waals surface area contributed by atoms with E-state index in [1.54, 1.807) is 11.0 Å². The van der Waals surface area contributed by atoms with E-state index in [0.717, 1.165) is 90.4 Å². The molecule has 0 radical (unpaired) electrons. The quantitative estimate of drug-likeness (QED) is 0.0277. The number of alkyl halides is 13. The predicted octanol–water partition coefficient (Wildman–Crippen LogP) is 17.8. The number of ether oxygens (including phenoxy) is 2. The molecule has 0 amide bonds. The monoisotopic (exact) mass is 1880 g/mol. The standard InChI is InChI=1S/C21H27OS.C17H20O.2C12H17F6NO5S2.C10H8O.C7H13Br.C4H8OS.Na/c1-2-8-17(9-3-1)16-22-20-12-13-21(23-14-6-7-15-23)19-11-5-4-10-18(19)20;1-2-7-14(8-3-1)13-18-17-12-6-10-15-9-4-5-11-16(15)17;2*13-10(14,12(17,18)26(22,23)24)11(15,16)25(20,21)19-6-5-8-3-1-2-4-9(8)7-19;11-10-7-3-5-8-4-1-2-6-9(8)10;8-6-7-4-2-1-3-5-7;5-6-3-1-2-4-6;/h4-5,10-13,17H,1-3,6-9,14-16H2;4-6,9-12,14H,1-3,7-8,13H2;2*8-9H,1-7H2,(H,22,23,24);1-7,11H;7H,1-6H2;1-4H2;/q+1;;;;;;;+1/p-2. The largest absolute Gasteiger partial charge is 1.00 e. The molecule has 4 atom stereocenters. The van der Waals surface area contributed by atoms with Gasteiger partial charge in [0.15, 0.2) is 25.1 Å². The van der Waals surface area contributed by atoms with Crippen LogP contribution in [0.25, 0.3) is 32.3 Å². The van der Waals surface area contributed by atoms with E-state index in [2.05, 4.69) is 94.8 Å². The van der Waals surface area contributed by atoms with Crippen molar-refractivity contribution in [1.29, 1.82) is 0 Å². The Morgan fingerprint density at radius 2 is 0.756 bits per heavy atom. The van der Waals surface area contributed by atoms with Gasteiger partial charge >= 0.3 is 62.4 Å². The first-order valence-electron chi connectivity index (χ1n) is 40.9. The third kappa shape index (κ3) is 25.0. The van der Waals surface area contributed by atoms with Crippen molar-refractivity contribution in [1.82, 2.24) is 8.61 Å². The van der Waals surface area contributed by atoms with Crippen molar-refractivity contribution in [2.45, 2.75) is 224 Å². The number of halogens is 13. The fourth-order valence-corrected chi connectivity index (χ4v) is 25.4. The Balaban J connectivity index is 0.000000180. The molecule has 4 saturated heterocycles. The van der Waals surface area contributed by atoms with Gasteiger partial charge in [-0.1, -0.05) is 203 Å². The molecule has 0 bridgehead atoms. The number of rotatable bonds is 18. The van der Waals surface area contributed by atoms with Crippen LogP contribution in [0.5, 0.6) is 17.2 Å². The Kier molecular flexibility index (Phi) is 37.8. The fourth-order valence-electron chi connectivity index (χ4n) is 17.0. The summed E-state index contributed by atoms with van der Waals surface area (Å²) < 4.78 is 295. The van der Waals surface area contributed by atoms with E-state index >= 15 is 0 Å². The molecule has 16 nitrogen and oxygen atoms in total. The molecule has 9 fully saturated rings. The number of aromatic hydroxyl groups is 1. The van der Waals surface area contributed by atoms with Crippen LogP contribution in [0.1, 0.15) is 186 Å². The summed E-state index contributed by atoms with van der Waals surface area (Å²) in [5, 5.41) is -8.75. The van der Waals surface area contributed by atoms with Gasteiger partial charge in [-0.05, 0) is 172 Å². The number of phenols is 1. The Morgan fingerprint density at radius 1 is 0.403 bits per heavy atom. The van der Waals surface area contributed by atoms with Crippen molar-refractivity contribution in [3.63, 3.8) is 0 Å². The van der Waals surface area contributed by atoms with Crippen LogP contribution in [-0.4, -0.2) is 161 Å². The number of sulfonamides is 2. The molecule has 4 heterocycles. The summed E-state index contributed by atoms with van der Waals surface area (Å²) in [5.41, 5.74) is 0. The average Bonchev–Trinajstić information content (AvgIpc) is 0.804. The van der Waals surface area contributed by atoms with Gasteiger partial charge in [0, 0.05) is 86.3 Å². The predicted molar refractivity (Wildman–Crippen MR) is 440 cm³/mol. The Morgan fingerprint density at radius 3 is 1.15 bits per heavy atom. The Labute approximate surface area is 728 Å². The van der Waals surface area contributed by atoms with E-state index in [9.17, 15) is 105 Å². The third-order valence-electron chi connectivity index (χ3n) is 24.0. The third-order valence-corrected chi connectivity index (χ3v) is 34.5. The molecule has 36 heteroatoms. The van der Waals surface area contributed by atoms with Crippen molar-refractivity contribution >= 4 is 110 Å². The number of hydrogen-bond acceptors (Lipinski definition) is 14. The second kappa shape index (κ2) is 44.6. The zero-order chi connectivity index (χ0) is 86.0.